The quantitative estimate of drug-likeness (QED) is 0.884. The summed E-state index contributed by atoms with van der Waals surface area (Å²) in [6.07, 6.45) is 7.71. The lowest BCUT2D eigenvalue weighted by molar-refractivity contribution is 0.499. The van der Waals surface area contributed by atoms with E-state index < -0.39 is 0 Å². The van der Waals surface area contributed by atoms with Gasteiger partial charge in [-0.2, -0.15) is 0 Å². The van der Waals surface area contributed by atoms with Gasteiger partial charge in [-0.3, -0.25) is 0 Å². The van der Waals surface area contributed by atoms with Crippen LogP contribution in [0.25, 0.3) is 0 Å². The molecular weight excluding hydrogens is 224 g/mol. The molecule has 2 N–H and O–H groups in total. The van der Waals surface area contributed by atoms with E-state index >= 15 is 0 Å². The summed E-state index contributed by atoms with van der Waals surface area (Å²) in [6, 6.07) is 0.376. The predicted octanol–water partition coefficient (Wildman–Crippen LogP) is 1.84. The van der Waals surface area contributed by atoms with Crippen molar-refractivity contribution in [2.45, 2.75) is 51.0 Å². The van der Waals surface area contributed by atoms with Crippen molar-refractivity contribution in [2.75, 3.05) is 18.0 Å². The van der Waals surface area contributed by atoms with E-state index in [4.69, 9.17) is 10.7 Å². The first-order valence-corrected chi connectivity index (χ1v) is 7.14. The normalized spacial score (nSPS) is 21.3. The Bertz CT molecular complexity index is 420. The Morgan fingerprint density at radius 2 is 2.00 bits per heavy atom. The minimum atomic E-state index is 0.376. The van der Waals surface area contributed by atoms with Crippen molar-refractivity contribution in [1.29, 1.82) is 0 Å². The number of nitrogens with two attached hydrogens (primary N) is 1. The van der Waals surface area contributed by atoms with Crippen LogP contribution in [-0.2, 0) is 6.42 Å². The smallest absolute Gasteiger partial charge is 0.128 e. The van der Waals surface area contributed by atoms with Crippen LogP contribution in [0.1, 0.15) is 50.0 Å². The Hall–Kier alpha value is -1.16. The summed E-state index contributed by atoms with van der Waals surface area (Å²) in [5.41, 5.74) is 8.53. The molecule has 1 aromatic heterocycles. The first-order valence-electron chi connectivity index (χ1n) is 7.14. The average molecular weight is 246 g/mol. The van der Waals surface area contributed by atoms with Gasteiger partial charge in [-0.05, 0) is 25.7 Å². The highest BCUT2D eigenvalue weighted by atomic mass is 15.2. The summed E-state index contributed by atoms with van der Waals surface area (Å²) in [5, 5.41) is 0. The third-order valence-corrected chi connectivity index (χ3v) is 4.01. The summed E-state index contributed by atoms with van der Waals surface area (Å²) < 4.78 is 0. The van der Waals surface area contributed by atoms with Crippen LogP contribution in [0.2, 0.25) is 0 Å². The fourth-order valence-electron chi connectivity index (χ4n) is 2.64. The van der Waals surface area contributed by atoms with Gasteiger partial charge in [0, 0.05) is 31.5 Å². The van der Waals surface area contributed by atoms with Crippen LogP contribution >= 0.6 is 0 Å². The maximum absolute atomic E-state index is 5.97. The number of aryl methyl sites for hydroxylation is 1. The molecule has 0 radical (unpaired) electrons. The molecule has 0 spiro atoms. The van der Waals surface area contributed by atoms with Crippen molar-refractivity contribution in [2.24, 2.45) is 5.73 Å². The Labute approximate surface area is 109 Å². The molecule has 1 saturated carbocycles. The van der Waals surface area contributed by atoms with E-state index in [2.05, 4.69) is 16.8 Å². The van der Waals surface area contributed by atoms with E-state index in [1.165, 1.54) is 24.2 Å². The maximum atomic E-state index is 5.97. The number of hydrogen-bond donors (Lipinski definition) is 1. The van der Waals surface area contributed by atoms with Crippen LogP contribution in [0.3, 0.4) is 0 Å². The van der Waals surface area contributed by atoms with Gasteiger partial charge in [0.05, 0.1) is 17.6 Å². The summed E-state index contributed by atoms with van der Waals surface area (Å²) in [5.74, 6) is 1.67. The molecule has 0 bridgehead atoms. The Kier molecular flexibility index (Phi) is 3.20. The Morgan fingerprint density at radius 3 is 2.61 bits per heavy atom. The summed E-state index contributed by atoms with van der Waals surface area (Å²) in [7, 11) is 0. The first-order chi connectivity index (χ1) is 8.78. The molecule has 0 amide bonds. The third-order valence-electron chi connectivity index (χ3n) is 4.01. The highest BCUT2D eigenvalue weighted by Crippen LogP contribution is 2.43. The number of piperidine rings is 1. The van der Waals surface area contributed by atoms with Gasteiger partial charge in [0.25, 0.3) is 0 Å². The number of aromatic nitrogens is 2. The average Bonchev–Trinajstić information content (AvgIpc) is 3.23. The molecule has 0 aromatic carbocycles. The molecule has 1 saturated heterocycles. The van der Waals surface area contributed by atoms with Crippen LogP contribution < -0.4 is 10.6 Å². The minimum Gasteiger partial charge on any atom is -0.369 e. The van der Waals surface area contributed by atoms with E-state index in [-0.39, 0.29) is 0 Å². The van der Waals surface area contributed by atoms with Crippen molar-refractivity contribution < 1.29 is 0 Å². The number of hydrogen-bond acceptors (Lipinski definition) is 4. The fourth-order valence-corrected chi connectivity index (χ4v) is 2.64. The monoisotopic (exact) mass is 246 g/mol. The van der Waals surface area contributed by atoms with Gasteiger partial charge in [-0.25, -0.2) is 9.97 Å². The summed E-state index contributed by atoms with van der Waals surface area (Å²) >= 11 is 0. The molecule has 3 rings (SSSR count). The second-order valence-electron chi connectivity index (χ2n) is 5.51. The van der Waals surface area contributed by atoms with E-state index in [1.54, 1.807) is 0 Å². The van der Waals surface area contributed by atoms with Crippen LogP contribution in [0, 0.1) is 0 Å². The van der Waals surface area contributed by atoms with Gasteiger partial charge in [0.2, 0.25) is 0 Å². The molecule has 2 fully saturated rings. The lowest BCUT2D eigenvalue weighted by Crippen LogP contribution is -2.40. The Morgan fingerprint density at radius 1 is 1.28 bits per heavy atom. The minimum absolute atomic E-state index is 0.376. The van der Waals surface area contributed by atoms with Gasteiger partial charge >= 0.3 is 0 Å². The van der Waals surface area contributed by atoms with Crippen LogP contribution in [-0.4, -0.2) is 29.1 Å². The van der Waals surface area contributed by atoms with E-state index in [0.717, 1.165) is 38.2 Å². The van der Waals surface area contributed by atoms with Crippen LogP contribution in [0.5, 0.6) is 0 Å². The molecule has 98 valence electrons. The van der Waals surface area contributed by atoms with Gasteiger partial charge in [0.1, 0.15) is 5.82 Å². The van der Waals surface area contributed by atoms with Gasteiger partial charge in [-0.1, -0.05) is 6.92 Å². The third kappa shape index (κ3) is 2.34. The second kappa shape index (κ2) is 4.84. The number of nitrogens with zero attached hydrogens (tertiary/aromatic N) is 3. The topological polar surface area (TPSA) is 55.0 Å². The molecule has 1 aliphatic carbocycles. The molecule has 1 aliphatic heterocycles. The largest absolute Gasteiger partial charge is 0.369 e. The maximum Gasteiger partial charge on any atom is 0.128 e. The summed E-state index contributed by atoms with van der Waals surface area (Å²) in [4.78, 5) is 11.7. The zero-order chi connectivity index (χ0) is 12.5. The van der Waals surface area contributed by atoms with Crippen molar-refractivity contribution in [3.05, 3.63) is 17.7 Å². The predicted molar refractivity (Wildman–Crippen MR) is 72.8 cm³/mol. The highest BCUT2D eigenvalue weighted by Gasteiger charge is 2.30. The number of rotatable bonds is 3. The van der Waals surface area contributed by atoms with Gasteiger partial charge < -0.3 is 10.6 Å². The molecule has 0 atom stereocenters. The lowest BCUT2D eigenvalue weighted by atomic mass is 10.0. The molecule has 4 nitrogen and oxygen atoms in total. The van der Waals surface area contributed by atoms with Crippen molar-refractivity contribution in [1.82, 2.24) is 9.97 Å². The molecule has 2 heterocycles. The molecular formula is C14H22N4. The van der Waals surface area contributed by atoms with Crippen molar-refractivity contribution >= 4 is 5.69 Å². The van der Waals surface area contributed by atoms with E-state index in [9.17, 15) is 0 Å². The van der Waals surface area contributed by atoms with E-state index in [1.807, 2.05) is 6.20 Å². The number of anilines is 1. The molecule has 0 unspecified atom stereocenters. The lowest BCUT2D eigenvalue weighted by Gasteiger charge is -2.32. The van der Waals surface area contributed by atoms with Crippen LogP contribution in [0.15, 0.2) is 6.20 Å². The molecule has 18 heavy (non-hydrogen) atoms. The highest BCUT2D eigenvalue weighted by molar-refractivity contribution is 5.52. The molecule has 2 aliphatic rings. The first kappa shape index (κ1) is 11.9. The Balaban J connectivity index is 1.86. The van der Waals surface area contributed by atoms with Gasteiger partial charge in [0.15, 0.2) is 0 Å². The van der Waals surface area contributed by atoms with Crippen molar-refractivity contribution in [3.8, 4) is 0 Å². The molecule has 1 aromatic rings. The SMILES string of the molecule is CCc1ncc(N2CCC(N)CC2)c(C2CC2)n1. The zero-order valence-corrected chi connectivity index (χ0v) is 11.1. The standard InChI is InChI=1S/C14H22N4/c1-2-13-16-9-12(14(17-13)10-3-4-10)18-7-5-11(15)6-8-18/h9-11H,2-8,15H2,1H3. The van der Waals surface area contributed by atoms with Crippen LogP contribution in [0.4, 0.5) is 5.69 Å². The van der Waals surface area contributed by atoms with Crippen molar-refractivity contribution in [3.63, 3.8) is 0 Å². The summed E-state index contributed by atoms with van der Waals surface area (Å²) in [6.45, 7) is 4.22. The zero-order valence-electron chi connectivity index (χ0n) is 11.1. The second-order valence-corrected chi connectivity index (χ2v) is 5.51. The fraction of sp³-hybridized carbons (Fsp3) is 0.714. The molecule has 4 heteroatoms. The van der Waals surface area contributed by atoms with E-state index in [0.29, 0.717) is 12.0 Å². The van der Waals surface area contributed by atoms with Gasteiger partial charge in [-0.15, -0.1) is 0 Å².